The molecule has 0 aromatic heterocycles. The second kappa shape index (κ2) is 7.06. The molecule has 0 aliphatic heterocycles. The maximum atomic E-state index is 6.09. The molecule has 2 nitrogen and oxygen atoms in total. The average Bonchev–Trinajstić information content (AvgIpc) is 2.34. The van der Waals surface area contributed by atoms with Crippen LogP contribution in [0, 0.1) is 20.8 Å². The molecular weight excluding hydrogens is 232 g/mol. The van der Waals surface area contributed by atoms with Crippen LogP contribution in [0.2, 0.25) is 0 Å². The molecule has 0 aliphatic carbocycles. The van der Waals surface area contributed by atoms with Crippen molar-refractivity contribution in [3.8, 4) is 0 Å². The summed E-state index contributed by atoms with van der Waals surface area (Å²) in [5, 5.41) is 0. The third kappa shape index (κ3) is 3.80. The lowest BCUT2D eigenvalue weighted by molar-refractivity contribution is 0.157. The van der Waals surface area contributed by atoms with Crippen molar-refractivity contribution in [2.75, 3.05) is 13.1 Å². The summed E-state index contributed by atoms with van der Waals surface area (Å²) in [6, 6.07) is 5.47. The first-order valence-electron chi connectivity index (χ1n) is 7.45. The number of aryl methyl sites for hydroxylation is 3. The van der Waals surface area contributed by atoms with Gasteiger partial charge in [-0.1, -0.05) is 19.1 Å². The summed E-state index contributed by atoms with van der Waals surface area (Å²) in [4.78, 5) is 2.52. The van der Waals surface area contributed by atoms with Crippen LogP contribution in [0.4, 0.5) is 0 Å². The molecule has 108 valence electrons. The number of nitrogens with two attached hydrogens (primary N) is 1. The minimum Gasteiger partial charge on any atom is -0.329 e. The zero-order valence-electron chi connectivity index (χ0n) is 13.5. The lowest BCUT2D eigenvalue weighted by Gasteiger charge is -2.35. The Labute approximate surface area is 119 Å². The maximum absolute atomic E-state index is 6.09. The largest absolute Gasteiger partial charge is 0.329 e. The van der Waals surface area contributed by atoms with Crippen LogP contribution in [0.15, 0.2) is 12.1 Å². The van der Waals surface area contributed by atoms with E-state index in [4.69, 9.17) is 5.73 Å². The van der Waals surface area contributed by atoms with Gasteiger partial charge in [-0.15, -0.1) is 0 Å². The summed E-state index contributed by atoms with van der Waals surface area (Å²) in [6.07, 6.45) is 1.17. The fourth-order valence-electron chi connectivity index (χ4n) is 2.81. The van der Waals surface area contributed by atoms with Gasteiger partial charge in [0.25, 0.3) is 0 Å². The molecule has 0 bridgehead atoms. The van der Waals surface area contributed by atoms with Crippen molar-refractivity contribution in [3.63, 3.8) is 0 Å². The van der Waals surface area contributed by atoms with Crippen molar-refractivity contribution in [2.45, 2.75) is 60.0 Å². The Morgan fingerprint density at radius 1 is 1.05 bits per heavy atom. The van der Waals surface area contributed by atoms with Crippen LogP contribution >= 0.6 is 0 Å². The van der Waals surface area contributed by atoms with Crippen molar-refractivity contribution >= 4 is 0 Å². The van der Waals surface area contributed by atoms with E-state index < -0.39 is 0 Å². The molecule has 0 fully saturated rings. The Morgan fingerprint density at radius 2 is 1.63 bits per heavy atom. The molecule has 1 unspecified atom stereocenters. The summed E-state index contributed by atoms with van der Waals surface area (Å²) in [5.74, 6) is 0. The second-order valence-electron chi connectivity index (χ2n) is 5.88. The summed E-state index contributed by atoms with van der Waals surface area (Å²) in [6.45, 7) is 15.1. The SMILES string of the molecule is CCCN(C(C)C)C(CN)c1cc(C)c(C)cc1C. The smallest absolute Gasteiger partial charge is 0.0475 e. The highest BCUT2D eigenvalue weighted by molar-refractivity contribution is 5.38. The van der Waals surface area contributed by atoms with Gasteiger partial charge in [0.15, 0.2) is 0 Å². The van der Waals surface area contributed by atoms with E-state index in [1.165, 1.54) is 28.7 Å². The van der Waals surface area contributed by atoms with Gasteiger partial charge in [-0.3, -0.25) is 4.90 Å². The molecule has 0 amide bonds. The van der Waals surface area contributed by atoms with Crippen molar-refractivity contribution < 1.29 is 0 Å². The second-order valence-corrected chi connectivity index (χ2v) is 5.88. The van der Waals surface area contributed by atoms with Crippen molar-refractivity contribution in [3.05, 3.63) is 34.4 Å². The minimum absolute atomic E-state index is 0.333. The Morgan fingerprint density at radius 3 is 2.11 bits per heavy atom. The van der Waals surface area contributed by atoms with E-state index in [9.17, 15) is 0 Å². The molecule has 2 heteroatoms. The molecule has 0 heterocycles. The van der Waals surface area contributed by atoms with E-state index >= 15 is 0 Å². The Bertz CT molecular complexity index is 410. The summed E-state index contributed by atoms with van der Waals surface area (Å²) in [7, 11) is 0. The third-order valence-electron chi connectivity index (χ3n) is 4.01. The number of nitrogens with zero attached hydrogens (tertiary/aromatic N) is 1. The monoisotopic (exact) mass is 262 g/mol. The molecule has 0 saturated carbocycles. The maximum Gasteiger partial charge on any atom is 0.0475 e. The third-order valence-corrected chi connectivity index (χ3v) is 4.01. The Hall–Kier alpha value is -0.860. The number of rotatable bonds is 6. The Kier molecular flexibility index (Phi) is 6.02. The highest BCUT2D eigenvalue weighted by Gasteiger charge is 2.22. The summed E-state index contributed by atoms with van der Waals surface area (Å²) >= 11 is 0. The normalized spacial score (nSPS) is 13.3. The van der Waals surface area contributed by atoms with Crippen molar-refractivity contribution in [1.29, 1.82) is 0 Å². The number of hydrogen-bond donors (Lipinski definition) is 1. The molecular formula is C17H30N2. The molecule has 1 aromatic rings. The van der Waals surface area contributed by atoms with Gasteiger partial charge in [0.1, 0.15) is 0 Å². The molecule has 0 spiro atoms. The number of hydrogen-bond acceptors (Lipinski definition) is 2. The lowest BCUT2D eigenvalue weighted by atomic mass is 9.94. The van der Waals surface area contributed by atoms with E-state index in [0.717, 1.165) is 6.54 Å². The fourth-order valence-corrected chi connectivity index (χ4v) is 2.81. The average molecular weight is 262 g/mol. The molecule has 0 radical (unpaired) electrons. The predicted molar refractivity (Wildman–Crippen MR) is 84.6 cm³/mol. The van der Waals surface area contributed by atoms with E-state index in [1.54, 1.807) is 0 Å². The van der Waals surface area contributed by atoms with E-state index in [1.807, 2.05) is 0 Å². The number of benzene rings is 1. The lowest BCUT2D eigenvalue weighted by Crippen LogP contribution is -2.39. The molecule has 0 saturated heterocycles. The minimum atomic E-state index is 0.333. The topological polar surface area (TPSA) is 29.3 Å². The van der Waals surface area contributed by atoms with Gasteiger partial charge < -0.3 is 5.73 Å². The van der Waals surface area contributed by atoms with Gasteiger partial charge in [-0.25, -0.2) is 0 Å². The predicted octanol–water partition coefficient (Wildman–Crippen LogP) is 3.73. The van der Waals surface area contributed by atoms with Crippen LogP contribution in [0.1, 0.15) is 55.5 Å². The van der Waals surface area contributed by atoms with Gasteiger partial charge in [0, 0.05) is 18.6 Å². The van der Waals surface area contributed by atoms with Crippen LogP contribution in [-0.2, 0) is 0 Å². The molecule has 0 aliphatic rings. The highest BCUT2D eigenvalue weighted by Crippen LogP contribution is 2.27. The van der Waals surface area contributed by atoms with Crippen LogP contribution in [-0.4, -0.2) is 24.0 Å². The molecule has 19 heavy (non-hydrogen) atoms. The molecule has 1 aromatic carbocycles. The van der Waals surface area contributed by atoms with Crippen molar-refractivity contribution in [2.24, 2.45) is 5.73 Å². The van der Waals surface area contributed by atoms with Gasteiger partial charge >= 0.3 is 0 Å². The quantitative estimate of drug-likeness (QED) is 0.846. The van der Waals surface area contributed by atoms with Crippen LogP contribution in [0.25, 0.3) is 0 Å². The summed E-state index contributed by atoms with van der Waals surface area (Å²) in [5.41, 5.74) is 11.6. The zero-order valence-corrected chi connectivity index (χ0v) is 13.5. The first-order valence-corrected chi connectivity index (χ1v) is 7.45. The zero-order chi connectivity index (χ0) is 14.6. The summed E-state index contributed by atoms with van der Waals surface area (Å²) < 4.78 is 0. The van der Waals surface area contributed by atoms with Crippen molar-refractivity contribution in [1.82, 2.24) is 4.90 Å². The Balaban J connectivity index is 3.18. The standard InChI is InChI=1S/C17H30N2/c1-7-8-19(12(2)3)17(11-18)16-10-14(5)13(4)9-15(16)6/h9-10,12,17H,7-8,11,18H2,1-6H3. The van der Waals surface area contributed by atoms with Gasteiger partial charge in [-0.05, 0) is 69.8 Å². The molecule has 1 atom stereocenters. The van der Waals surface area contributed by atoms with E-state index in [-0.39, 0.29) is 0 Å². The van der Waals surface area contributed by atoms with Gasteiger partial charge in [0.05, 0.1) is 0 Å². The van der Waals surface area contributed by atoms with Gasteiger partial charge in [-0.2, -0.15) is 0 Å². The van der Waals surface area contributed by atoms with Crippen LogP contribution in [0.3, 0.4) is 0 Å². The first-order chi connectivity index (χ1) is 8.92. The van der Waals surface area contributed by atoms with Crippen LogP contribution < -0.4 is 5.73 Å². The van der Waals surface area contributed by atoms with Crippen LogP contribution in [0.5, 0.6) is 0 Å². The van der Waals surface area contributed by atoms with E-state index in [0.29, 0.717) is 18.6 Å². The highest BCUT2D eigenvalue weighted by atomic mass is 15.2. The fraction of sp³-hybridized carbons (Fsp3) is 0.647. The molecule has 2 N–H and O–H groups in total. The first kappa shape index (κ1) is 16.2. The van der Waals surface area contributed by atoms with Gasteiger partial charge in [0.2, 0.25) is 0 Å². The molecule has 1 rings (SSSR count). The van der Waals surface area contributed by atoms with E-state index in [2.05, 4.69) is 58.6 Å².